The zero-order valence-electron chi connectivity index (χ0n) is 11.5. The molecular formula is C12H25F3N2O. The summed E-state index contributed by atoms with van der Waals surface area (Å²) in [6.07, 6.45) is -3.35. The molecule has 0 fully saturated rings. The molecule has 0 bridgehead atoms. The van der Waals surface area contributed by atoms with Crippen molar-refractivity contribution < 1.29 is 18.3 Å². The van der Waals surface area contributed by atoms with Crippen LogP contribution in [0.1, 0.15) is 33.1 Å². The first-order valence-electron chi connectivity index (χ1n) is 6.33. The highest BCUT2D eigenvalue weighted by Crippen LogP contribution is 2.19. The van der Waals surface area contributed by atoms with Crippen molar-refractivity contribution in [2.24, 2.45) is 0 Å². The molecule has 0 rings (SSSR count). The second-order valence-electron chi connectivity index (χ2n) is 5.02. The van der Waals surface area contributed by atoms with Gasteiger partial charge in [0, 0.05) is 12.1 Å². The van der Waals surface area contributed by atoms with Crippen LogP contribution in [-0.4, -0.2) is 55.0 Å². The first-order valence-corrected chi connectivity index (χ1v) is 6.33. The van der Waals surface area contributed by atoms with Crippen LogP contribution in [0.2, 0.25) is 0 Å². The molecule has 110 valence electrons. The molecule has 0 saturated heterocycles. The van der Waals surface area contributed by atoms with Crippen molar-refractivity contribution >= 4 is 0 Å². The van der Waals surface area contributed by atoms with E-state index in [2.05, 4.69) is 5.32 Å². The van der Waals surface area contributed by atoms with Crippen molar-refractivity contribution in [3.05, 3.63) is 0 Å². The molecule has 0 heterocycles. The Balaban J connectivity index is 3.82. The highest BCUT2D eigenvalue weighted by Gasteiger charge is 2.27. The van der Waals surface area contributed by atoms with Gasteiger partial charge in [-0.05, 0) is 39.9 Å². The molecule has 0 aromatic heterocycles. The average Bonchev–Trinajstić information content (AvgIpc) is 2.26. The van der Waals surface area contributed by atoms with Crippen LogP contribution in [0.15, 0.2) is 0 Å². The van der Waals surface area contributed by atoms with Gasteiger partial charge in [0.15, 0.2) is 0 Å². The van der Waals surface area contributed by atoms with Crippen molar-refractivity contribution in [2.75, 3.05) is 33.3 Å². The maximum atomic E-state index is 12.0. The van der Waals surface area contributed by atoms with Gasteiger partial charge in [0.05, 0.1) is 13.0 Å². The first-order chi connectivity index (χ1) is 8.22. The van der Waals surface area contributed by atoms with E-state index >= 15 is 0 Å². The van der Waals surface area contributed by atoms with E-state index in [1.807, 2.05) is 13.8 Å². The van der Waals surface area contributed by atoms with E-state index in [4.69, 9.17) is 0 Å². The number of alkyl halides is 3. The number of aliphatic hydroxyl groups excluding tert-OH is 1. The number of rotatable bonds is 9. The van der Waals surface area contributed by atoms with E-state index in [0.29, 0.717) is 6.54 Å². The fourth-order valence-corrected chi connectivity index (χ4v) is 1.82. The normalized spacial score (nSPS) is 16.0. The Kier molecular flexibility index (Phi) is 7.82. The summed E-state index contributed by atoms with van der Waals surface area (Å²) in [6, 6.07) is 0. The Bertz CT molecular complexity index is 224. The third-order valence-electron chi connectivity index (χ3n) is 3.00. The SMILES string of the molecule is CCNC(C)(CO)CCCN(C)CCC(F)(F)F. The average molecular weight is 270 g/mol. The number of aliphatic hydroxyl groups is 1. The van der Waals surface area contributed by atoms with Gasteiger partial charge in [-0.15, -0.1) is 0 Å². The lowest BCUT2D eigenvalue weighted by Crippen LogP contribution is -2.46. The molecule has 0 spiro atoms. The molecule has 1 unspecified atom stereocenters. The summed E-state index contributed by atoms with van der Waals surface area (Å²) in [4.78, 5) is 1.68. The number of hydrogen-bond acceptors (Lipinski definition) is 3. The number of hydrogen-bond donors (Lipinski definition) is 2. The van der Waals surface area contributed by atoms with Gasteiger partial charge in [-0.3, -0.25) is 0 Å². The van der Waals surface area contributed by atoms with Crippen molar-refractivity contribution in [2.45, 2.75) is 44.8 Å². The summed E-state index contributed by atoms with van der Waals surface area (Å²) < 4.78 is 36.0. The van der Waals surface area contributed by atoms with Gasteiger partial charge in [-0.25, -0.2) is 0 Å². The summed E-state index contributed by atoms with van der Waals surface area (Å²) in [5.41, 5.74) is -0.334. The van der Waals surface area contributed by atoms with Gasteiger partial charge >= 0.3 is 6.18 Å². The van der Waals surface area contributed by atoms with Crippen molar-refractivity contribution in [3.8, 4) is 0 Å². The maximum absolute atomic E-state index is 12.0. The molecule has 6 heteroatoms. The smallest absolute Gasteiger partial charge is 0.390 e. The molecule has 0 saturated carbocycles. The minimum atomic E-state index is -4.09. The molecule has 1 atom stereocenters. The predicted octanol–water partition coefficient (Wildman–Crippen LogP) is 2.01. The molecule has 0 aromatic rings. The lowest BCUT2D eigenvalue weighted by atomic mass is 9.96. The Morgan fingerprint density at radius 2 is 1.78 bits per heavy atom. The van der Waals surface area contributed by atoms with Crippen LogP contribution in [0.5, 0.6) is 0 Å². The Morgan fingerprint density at radius 1 is 1.17 bits per heavy atom. The van der Waals surface area contributed by atoms with Crippen LogP contribution < -0.4 is 5.32 Å². The second-order valence-corrected chi connectivity index (χ2v) is 5.02. The molecule has 0 aromatic carbocycles. The highest BCUT2D eigenvalue weighted by molar-refractivity contribution is 4.81. The summed E-state index contributed by atoms with van der Waals surface area (Å²) >= 11 is 0. The predicted molar refractivity (Wildman–Crippen MR) is 66.6 cm³/mol. The lowest BCUT2D eigenvalue weighted by molar-refractivity contribution is -0.137. The summed E-state index contributed by atoms with van der Waals surface area (Å²) in [5.74, 6) is 0. The van der Waals surface area contributed by atoms with E-state index in [1.165, 1.54) is 0 Å². The topological polar surface area (TPSA) is 35.5 Å². The number of likely N-dealkylation sites (N-methyl/N-ethyl adjacent to an activating group) is 1. The van der Waals surface area contributed by atoms with Crippen LogP contribution in [0, 0.1) is 0 Å². The van der Waals surface area contributed by atoms with Crippen LogP contribution in [-0.2, 0) is 0 Å². The van der Waals surface area contributed by atoms with Crippen LogP contribution in [0.4, 0.5) is 13.2 Å². The Labute approximate surface area is 107 Å². The fourth-order valence-electron chi connectivity index (χ4n) is 1.82. The molecular weight excluding hydrogens is 245 g/mol. The van der Waals surface area contributed by atoms with E-state index < -0.39 is 12.6 Å². The van der Waals surface area contributed by atoms with Gasteiger partial charge in [0.2, 0.25) is 0 Å². The Hall–Kier alpha value is -0.330. The maximum Gasteiger partial charge on any atom is 0.390 e. The standard InChI is InChI=1S/C12H25F3N2O/c1-4-16-11(2,10-18)6-5-8-17(3)9-7-12(13,14)15/h16,18H,4-10H2,1-3H3. The van der Waals surface area contributed by atoms with Crippen molar-refractivity contribution in [1.29, 1.82) is 0 Å². The third kappa shape index (κ3) is 8.72. The lowest BCUT2D eigenvalue weighted by Gasteiger charge is -2.29. The van der Waals surface area contributed by atoms with Crippen LogP contribution >= 0.6 is 0 Å². The molecule has 18 heavy (non-hydrogen) atoms. The minimum Gasteiger partial charge on any atom is -0.394 e. The summed E-state index contributed by atoms with van der Waals surface area (Å²) in [6.45, 7) is 5.32. The minimum absolute atomic E-state index is 0.0283. The molecule has 0 aliphatic rings. The van der Waals surface area contributed by atoms with E-state index in [0.717, 1.165) is 19.4 Å². The fraction of sp³-hybridized carbons (Fsp3) is 1.00. The monoisotopic (exact) mass is 270 g/mol. The molecule has 0 radical (unpaired) electrons. The third-order valence-corrected chi connectivity index (χ3v) is 3.00. The quantitative estimate of drug-likeness (QED) is 0.673. The molecule has 0 aliphatic heterocycles. The number of nitrogens with zero attached hydrogens (tertiary/aromatic N) is 1. The summed E-state index contributed by atoms with van der Waals surface area (Å²) in [7, 11) is 1.69. The van der Waals surface area contributed by atoms with E-state index in [1.54, 1.807) is 11.9 Å². The van der Waals surface area contributed by atoms with Crippen molar-refractivity contribution in [3.63, 3.8) is 0 Å². The second kappa shape index (κ2) is 7.96. The van der Waals surface area contributed by atoms with Crippen LogP contribution in [0.3, 0.4) is 0 Å². The molecule has 0 amide bonds. The van der Waals surface area contributed by atoms with Gasteiger partial charge in [0.25, 0.3) is 0 Å². The zero-order chi connectivity index (χ0) is 14.2. The van der Waals surface area contributed by atoms with Gasteiger partial charge < -0.3 is 15.3 Å². The van der Waals surface area contributed by atoms with Gasteiger partial charge in [0.1, 0.15) is 0 Å². The van der Waals surface area contributed by atoms with E-state index in [9.17, 15) is 18.3 Å². The van der Waals surface area contributed by atoms with Gasteiger partial charge in [-0.1, -0.05) is 6.92 Å². The molecule has 3 nitrogen and oxygen atoms in total. The first kappa shape index (κ1) is 17.7. The number of halogens is 3. The number of nitrogens with one attached hydrogen (secondary N) is 1. The van der Waals surface area contributed by atoms with Crippen molar-refractivity contribution in [1.82, 2.24) is 10.2 Å². The van der Waals surface area contributed by atoms with E-state index in [-0.39, 0.29) is 18.7 Å². The molecule has 0 aliphatic carbocycles. The Morgan fingerprint density at radius 3 is 2.22 bits per heavy atom. The van der Waals surface area contributed by atoms with Gasteiger partial charge in [-0.2, -0.15) is 13.2 Å². The molecule has 2 N–H and O–H groups in total. The van der Waals surface area contributed by atoms with Crippen LogP contribution in [0.25, 0.3) is 0 Å². The highest BCUT2D eigenvalue weighted by atomic mass is 19.4. The summed E-state index contributed by atoms with van der Waals surface area (Å²) in [5, 5.41) is 12.5. The zero-order valence-corrected chi connectivity index (χ0v) is 11.5. The largest absolute Gasteiger partial charge is 0.394 e.